The molecule has 2 aromatic rings. The molecule has 2 rings (SSSR count). The fraction of sp³-hybridized carbons (Fsp3) is 0.385. The summed E-state index contributed by atoms with van der Waals surface area (Å²) in [5, 5.41) is 1.17. The van der Waals surface area contributed by atoms with Gasteiger partial charge in [-0.05, 0) is 39.0 Å². The predicted molar refractivity (Wildman–Crippen MR) is 92.3 cm³/mol. The molecule has 0 unspecified atom stereocenters. The summed E-state index contributed by atoms with van der Waals surface area (Å²) < 4.78 is 28.8. The summed E-state index contributed by atoms with van der Waals surface area (Å²) in [6.45, 7) is 5.51. The highest BCUT2D eigenvalue weighted by molar-refractivity contribution is 7.90. The number of fused-ring (bicyclic) bond motifs is 1. The average Bonchev–Trinajstić information content (AvgIpc) is 2.63. The molecule has 0 spiro atoms. The molecule has 0 radical (unpaired) electrons. The van der Waals surface area contributed by atoms with Crippen LogP contribution in [-0.2, 0) is 10.0 Å². The van der Waals surface area contributed by atoms with Crippen LogP contribution in [0.15, 0.2) is 23.1 Å². The van der Waals surface area contributed by atoms with Crippen molar-refractivity contribution >= 4 is 55.5 Å². The molecule has 0 atom stereocenters. The quantitative estimate of drug-likeness (QED) is 0.869. The number of nitrogens with two attached hydrogens (primary N) is 1. The van der Waals surface area contributed by atoms with Gasteiger partial charge < -0.3 is 5.73 Å². The molecule has 1 heterocycles. The van der Waals surface area contributed by atoms with Crippen molar-refractivity contribution in [2.24, 2.45) is 5.73 Å². The van der Waals surface area contributed by atoms with Gasteiger partial charge in [-0.2, -0.15) is 0 Å². The number of hydrogen-bond acceptors (Lipinski definition) is 4. The summed E-state index contributed by atoms with van der Waals surface area (Å²) in [4.78, 5) is 1.03. The standard InChI is InChI=1S/C13H17ClN2O2S2.ClH/c1-8-12(20(17,18)16-13(2,3)7-15)10-6-9(14)4-5-11(10)19-8;/h4-6,16H,7,15H2,1-3H3;1H. The van der Waals surface area contributed by atoms with E-state index in [9.17, 15) is 8.42 Å². The van der Waals surface area contributed by atoms with Crippen LogP contribution >= 0.6 is 35.3 Å². The van der Waals surface area contributed by atoms with Gasteiger partial charge in [-0.25, -0.2) is 13.1 Å². The second-order valence-corrected chi connectivity index (χ2v) is 8.63. The van der Waals surface area contributed by atoms with Crippen LogP contribution in [0, 0.1) is 6.92 Å². The SMILES string of the molecule is Cc1sc2ccc(Cl)cc2c1S(=O)(=O)NC(C)(C)CN.Cl. The van der Waals surface area contributed by atoms with Crippen LogP contribution < -0.4 is 10.5 Å². The number of rotatable bonds is 4. The number of sulfonamides is 1. The maximum Gasteiger partial charge on any atom is 0.242 e. The van der Waals surface area contributed by atoms with Gasteiger partial charge in [0.25, 0.3) is 0 Å². The fourth-order valence-corrected chi connectivity index (χ4v) is 5.34. The van der Waals surface area contributed by atoms with E-state index in [2.05, 4.69) is 4.72 Å². The number of hydrogen-bond donors (Lipinski definition) is 2. The largest absolute Gasteiger partial charge is 0.329 e. The molecule has 1 aromatic heterocycles. The normalized spacial score (nSPS) is 12.4. The summed E-state index contributed by atoms with van der Waals surface area (Å²) in [6.07, 6.45) is 0. The van der Waals surface area contributed by atoms with E-state index in [0.29, 0.717) is 15.3 Å². The minimum absolute atomic E-state index is 0. The maximum atomic E-state index is 12.6. The number of halogens is 2. The van der Waals surface area contributed by atoms with Gasteiger partial charge in [-0.1, -0.05) is 11.6 Å². The lowest BCUT2D eigenvalue weighted by Gasteiger charge is -2.24. The number of thiophene rings is 1. The van der Waals surface area contributed by atoms with Gasteiger partial charge in [0.15, 0.2) is 0 Å². The van der Waals surface area contributed by atoms with Gasteiger partial charge in [0.1, 0.15) is 4.90 Å². The number of benzene rings is 1. The van der Waals surface area contributed by atoms with Crippen LogP contribution in [0.1, 0.15) is 18.7 Å². The summed E-state index contributed by atoms with van der Waals surface area (Å²) >= 11 is 7.42. The van der Waals surface area contributed by atoms with E-state index in [1.807, 2.05) is 6.07 Å². The molecule has 4 nitrogen and oxygen atoms in total. The molecule has 1 aromatic carbocycles. The second kappa shape index (κ2) is 6.40. The monoisotopic (exact) mass is 368 g/mol. The Morgan fingerprint density at radius 3 is 2.57 bits per heavy atom. The highest BCUT2D eigenvalue weighted by Gasteiger charge is 2.29. The molecule has 0 bridgehead atoms. The number of aryl methyl sites for hydroxylation is 1. The molecular weight excluding hydrogens is 351 g/mol. The molecular formula is C13H18Cl2N2O2S2. The van der Waals surface area contributed by atoms with E-state index in [4.69, 9.17) is 17.3 Å². The van der Waals surface area contributed by atoms with Crippen molar-refractivity contribution in [3.8, 4) is 0 Å². The Balaban J connectivity index is 0.00000220. The molecule has 0 saturated carbocycles. The van der Waals surface area contributed by atoms with Gasteiger partial charge in [-0.3, -0.25) is 0 Å². The third-order valence-electron chi connectivity index (χ3n) is 2.96. The number of nitrogens with one attached hydrogen (secondary N) is 1. The Morgan fingerprint density at radius 1 is 1.38 bits per heavy atom. The Hall–Kier alpha value is -0.370. The van der Waals surface area contributed by atoms with Gasteiger partial charge in [-0.15, -0.1) is 23.7 Å². The first-order chi connectivity index (χ1) is 9.16. The third-order valence-corrected chi connectivity index (χ3v) is 6.29. The van der Waals surface area contributed by atoms with Gasteiger partial charge in [0, 0.05) is 32.1 Å². The molecule has 0 aliphatic heterocycles. The Morgan fingerprint density at radius 2 is 2.00 bits per heavy atom. The summed E-state index contributed by atoms with van der Waals surface area (Å²) in [5.41, 5.74) is 4.90. The molecule has 3 N–H and O–H groups in total. The fourth-order valence-electron chi connectivity index (χ4n) is 1.96. The third kappa shape index (κ3) is 3.88. The lowest BCUT2D eigenvalue weighted by molar-refractivity contribution is 0.463. The molecule has 21 heavy (non-hydrogen) atoms. The van der Waals surface area contributed by atoms with E-state index in [1.165, 1.54) is 11.3 Å². The molecule has 0 fully saturated rings. The predicted octanol–water partition coefficient (Wildman–Crippen LogP) is 3.30. The first kappa shape index (κ1) is 18.7. The zero-order chi connectivity index (χ0) is 15.1. The molecule has 0 aliphatic rings. The smallest absolute Gasteiger partial charge is 0.242 e. The van der Waals surface area contributed by atoms with Crippen LogP contribution in [0.3, 0.4) is 0 Å². The first-order valence-corrected chi connectivity index (χ1v) is 8.77. The highest BCUT2D eigenvalue weighted by atomic mass is 35.5. The van der Waals surface area contributed by atoms with Crippen LogP contribution in [0.25, 0.3) is 10.1 Å². The lowest BCUT2D eigenvalue weighted by Crippen LogP contribution is -2.48. The molecule has 0 amide bonds. The zero-order valence-electron chi connectivity index (χ0n) is 11.9. The minimum Gasteiger partial charge on any atom is -0.329 e. The van der Waals surface area contributed by atoms with Crippen molar-refractivity contribution in [1.82, 2.24) is 4.72 Å². The second-order valence-electron chi connectivity index (χ2n) is 5.32. The van der Waals surface area contributed by atoms with E-state index < -0.39 is 15.6 Å². The van der Waals surface area contributed by atoms with E-state index >= 15 is 0 Å². The van der Waals surface area contributed by atoms with Gasteiger partial charge in [0.05, 0.1) is 0 Å². The molecule has 8 heteroatoms. The molecule has 0 saturated heterocycles. The van der Waals surface area contributed by atoms with Crippen LogP contribution in [-0.4, -0.2) is 20.5 Å². The lowest BCUT2D eigenvalue weighted by atomic mass is 10.1. The van der Waals surface area contributed by atoms with Gasteiger partial charge >= 0.3 is 0 Å². The highest BCUT2D eigenvalue weighted by Crippen LogP contribution is 2.36. The van der Waals surface area contributed by atoms with Crippen molar-refractivity contribution in [1.29, 1.82) is 0 Å². The summed E-state index contributed by atoms with van der Waals surface area (Å²) in [6, 6.07) is 5.28. The van der Waals surface area contributed by atoms with Crippen molar-refractivity contribution in [3.63, 3.8) is 0 Å². The maximum absolute atomic E-state index is 12.6. The Bertz CT molecular complexity index is 755. The van der Waals surface area contributed by atoms with Crippen molar-refractivity contribution in [3.05, 3.63) is 28.1 Å². The summed E-state index contributed by atoms with van der Waals surface area (Å²) in [7, 11) is -3.64. The minimum atomic E-state index is -3.64. The van der Waals surface area contributed by atoms with E-state index in [1.54, 1.807) is 32.9 Å². The summed E-state index contributed by atoms with van der Waals surface area (Å²) in [5.74, 6) is 0. The average molecular weight is 369 g/mol. The Kier molecular flexibility index (Phi) is 5.69. The zero-order valence-corrected chi connectivity index (χ0v) is 15.1. The van der Waals surface area contributed by atoms with Crippen molar-refractivity contribution in [2.45, 2.75) is 31.2 Å². The van der Waals surface area contributed by atoms with Crippen LogP contribution in [0.4, 0.5) is 0 Å². The topological polar surface area (TPSA) is 72.2 Å². The van der Waals surface area contributed by atoms with Crippen molar-refractivity contribution < 1.29 is 8.42 Å². The van der Waals surface area contributed by atoms with Crippen molar-refractivity contribution in [2.75, 3.05) is 6.54 Å². The molecule has 118 valence electrons. The van der Waals surface area contributed by atoms with Gasteiger partial charge in [0.2, 0.25) is 10.0 Å². The van der Waals surface area contributed by atoms with Crippen LogP contribution in [0.5, 0.6) is 0 Å². The van der Waals surface area contributed by atoms with Crippen LogP contribution in [0.2, 0.25) is 5.02 Å². The van der Waals surface area contributed by atoms with E-state index in [-0.39, 0.29) is 19.0 Å². The van der Waals surface area contributed by atoms with E-state index in [0.717, 1.165) is 9.58 Å². The molecule has 0 aliphatic carbocycles. The Labute approximate surface area is 140 Å². The first-order valence-electron chi connectivity index (χ1n) is 6.09.